The van der Waals surface area contributed by atoms with Gasteiger partial charge in [0.2, 0.25) is 5.79 Å². The summed E-state index contributed by atoms with van der Waals surface area (Å²) in [4.78, 5) is 0. The highest BCUT2D eigenvalue weighted by Crippen LogP contribution is 2.32. The molecule has 6 nitrogen and oxygen atoms in total. The molecule has 0 saturated carbocycles. The molecule has 0 spiro atoms. The van der Waals surface area contributed by atoms with Crippen LogP contribution in [0, 0.1) is 0 Å². The Labute approximate surface area is 88.1 Å². The molecule has 1 fully saturated rings. The summed E-state index contributed by atoms with van der Waals surface area (Å²) in [5.41, 5.74) is 0. The average Bonchev–Trinajstić information content (AvgIpc) is 2.51. The van der Waals surface area contributed by atoms with E-state index in [9.17, 15) is 10.2 Å². The summed E-state index contributed by atoms with van der Waals surface area (Å²) < 4.78 is 10.4. The summed E-state index contributed by atoms with van der Waals surface area (Å²) in [6, 6.07) is 0. The van der Waals surface area contributed by atoms with Crippen molar-refractivity contribution in [3.8, 4) is 0 Å². The quantitative estimate of drug-likeness (QED) is 0.438. The van der Waals surface area contributed by atoms with Gasteiger partial charge >= 0.3 is 0 Å². The molecule has 0 bridgehead atoms. The lowest BCUT2D eigenvalue weighted by Gasteiger charge is -2.29. The van der Waals surface area contributed by atoms with Crippen LogP contribution in [0.3, 0.4) is 0 Å². The predicted octanol–water partition coefficient (Wildman–Crippen LogP) is -1.79. The minimum absolute atomic E-state index is 0.294. The maximum atomic E-state index is 9.67. The second kappa shape index (κ2) is 5.20. The molecule has 1 aliphatic heterocycles. The first-order valence-electron chi connectivity index (χ1n) is 5.01. The zero-order valence-electron chi connectivity index (χ0n) is 8.67. The monoisotopic (exact) mass is 222 g/mol. The lowest BCUT2D eigenvalue weighted by atomic mass is 10.1. The number of rotatable bonds is 5. The molecule has 90 valence electrons. The lowest BCUT2D eigenvalue weighted by Crippen LogP contribution is -2.48. The summed E-state index contributed by atoms with van der Waals surface area (Å²) in [7, 11) is 0. The molecule has 0 radical (unpaired) electrons. The number of hydrogen-bond acceptors (Lipinski definition) is 6. The van der Waals surface area contributed by atoms with Crippen LogP contribution in [0.15, 0.2) is 0 Å². The van der Waals surface area contributed by atoms with Crippen LogP contribution in [0.4, 0.5) is 0 Å². The van der Waals surface area contributed by atoms with E-state index in [4.69, 9.17) is 19.7 Å². The lowest BCUT2D eigenvalue weighted by molar-refractivity contribution is -0.275. The molecule has 1 heterocycles. The zero-order valence-corrected chi connectivity index (χ0v) is 8.67. The Balaban J connectivity index is 2.72. The third-order valence-electron chi connectivity index (χ3n) is 2.46. The Morgan fingerprint density at radius 1 is 1.33 bits per heavy atom. The average molecular weight is 222 g/mol. The normalized spacial score (nSPS) is 41.0. The Hall–Kier alpha value is -0.240. The summed E-state index contributed by atoms with van der Waals surface area (Å²) in [6.07, 6.45) is -2.84. The standard InChI is InChI=1S/C9H18O6/c1-2-3-14-9(5-11)8(13)7(12)6(4-10)15-9/h6-8,10-13H,2-5H2,1H3/t6-,7-,8+,9+/m1/s1. The van der Waals surface area contributed by atoms with E-state index in [0.717, 1.165) is 0 Å². The van der Waals surface area contributed by atoms with Gasteiger partial charge in [0.15, 0.2) is 0 Å². The van der Waals surface area contributed by atoms with Gasteiger partial charge in [-0.2, -0.15) is 0 Å². The number of ether oxygens (including phenoxy) is 2. The predicted molar refractivity (Wildman–Crippen MR) is 50.0 cm³/mol. The van der Waals surface area contributed by atoms with E-state index in [1.807, 2.05) is 6.92 Å². The molecular formula is C9H18O6. The molecule has 0 aliphatic carbocycles. The molecule has 0 aromatic carbocycles. The third-order valence-corrected chi connectivity index (χ3v) is 2.46. The fraction of sp³-hybridized carbons (Fsp3) is 1.00. The molecule has 15 heavy (non-hydrogen) atoms. The first kappa shape index (κ1) is 12.8. The highest BCUT2D eigenvalue weighted by molar-refractivity contribution is 4.96. The van der Waals surface area contributed by atoms with Gasteiger partial charge < -0.3 is 29.9 Å². The van der Waals surface area contributed by atoms with Crippen molar-refractivity contribution in [1.29, 1.82) is 0 Å². The Morgan fingerprint density at radius 3 is 2.40 bits per heavy atom. The van der Waals surface area contributed by atoms with Crippen molar-refractivity contribution < 1.29 is 29.9 Å². The third kappa shape index (κ3) is 2.30. The Kier molecular flexibility index (Phi) is 4.45. The largest absolute Gasteiger partial charge is 0.394 e. The van der Waals surface area contributed by atoms with Crippen LogP contribution in [0.1, 0.15) is 13.3 Å². The van der Waals surface area contributed by atoms with Crippen LogP contribution < -0.4 is 0 Å². The first-order chi connectivity index (χ1) is 7.11. The molecule has 0 aromatic heterocycles. The van der Waals surface area contributed by atoms with Gasteiger partial charge in [0.25, 0.3) is 0 Å². The molecule has 1 aliphatic rings. The van der Waals surface area contributed by atoms with Crippen LogP contribution in [0.2, 0.25) is 0 Å². The number of aliphatic hydroxyl groups excluding tert-OH is 4. The summed E-state index contributed by atoms with van der Waals surface area (Å²) in [5, 5.41) is 37.2. The fourth-order valence-corrected chi connectivity index (χ4v) is 1.58. The van der Waals surface area contributed by atoms with Gasteiger partial charge in [0.05, 0.1) is 6.61 Å². The molecule has 0 amide bonds. The van der Waals surface area contributed by atoms with Gasteiger partial charge in [-0.05, 0) is 6.42 Å². The van der Waals surface area contributed by atoms with E-state index in [2.05, 4.69) is 0 Å². The molecule has 1 rings (SSSR count). The van der Waals surface area contributed by atoms with E-state index in [-0.39, 0.29) is 0 Å². The van der Waals surface area contributed by atoms with Gasteiger partial charge in [0.1, 0.15) is 24.9 Å². The smallest absolute Gasteiger partial charge is 0.221 e. The van der Waals surface area contributed by atoms with Crippen LogP contribution in [0.5, 0.6) is 0 Å². The van der Waals surface area contributed by atoms with Crippen LogP contribution in [-0.2, 0) is 9.47 Å². The minimum atomic E-state index is -1.61. The van der Waals surface area contributed by atoms with Crippen molar-refractivity contribution in [1.82, 2.24) is 0 Å². The number of hydrogen-bond donors (Lipinski definition) is 4. The van der Waals surface area contributed by atoms with Crippen molar-refractivity contribution in [2.75, 3.05) is 19.8 Å². The van der Waals surface area contributed by atoms with E-state index in [1.54, 1.807) is 0 Å². The zero-order chi connectivity index (χ0) is 11.5. The van der Waals surface area contributed by atoms with E-state index in [0.29, 0.717) is 13.0 Å². The molecule has 4 atom stereocenters. The fourth-order valence-electron chi connectivity index (χ4n) is 1.58. The van der Waals surface area contributed by atoms with Crippen molar-refractivity contribution in [2.24, 2.45) is 0 Å². The molecular weight excluding hydrogens is 204 g/mol. The molecule has 0 unspecified atom stereocenters. The summed E-state index contributed by atoms with van der Waals surface area (Å²) >= 11 is 0. The second-order valence-electron chi connectivity index (χ2n) is 3.59. The van der Waals surface area contributed by atoms with Crippen LogP contribution >= 0.6 is 0 Å². The maximum absolute atomic E-state index is 9.67. The molecule has 1 saturated heterocycles. The molecule has 6 heteroatoms. The van der Waals surface area contributed by atoms with Crippen LogP contribution in [-0.4, -0.2) is 64.3 Å². The molecule has 0 aromatic rings. The van der Waals surface area contributed by atoms with Crippen molar-refractivity contribution in [3.05, 3.63) is 0 Å². The van der Waals surface area contributed by atoms with Crippen molar-refractivity contribution in [2.45, 2.75) is 37.4 Å². The van der Waals surface area contributed by atoms with E-state index >= 15 is 0 Å². The molecule has 4 N–H and O–H groups in total. The topological polar surface area (TPSA) is 99.4 Å². The van der Waals surface area contributed by atoms with Crippen LogP contribution in [0.25, 0.3) is 0 Å². The van der Waals surface area contributed by atoms with Gasteiger partial charge in [-0.3, -0.25) is 0 Å². The van der Waals surface area contributed by atoms with Gasteiger partial charge in [0, 0.05) is 6.61 Å². The van der Waals surface area contributed by atoms with Gasteiger partial charge in [-0.1, -0.05) is 6.92 Å². The second-order valence-corrected chi connectivity index (χ2v) is 3.59. The van der Waals surface area contributed by atoms with Gasteiger partial charge in [-0.25, -0.2) is 0 Å². The van der Waals surface area contributed by atoms with Crippen molar-refractivity contribution >= 4 is 0 Å². The summed E-state index contributed by atoms with van der Waals surface area (Å²) in [5.74, 6) is -1.61. The highest BCUT2D eigenvalue weighted by Gasteiger charge is 2.54. The van der Waals surface area contributed by atoms with E-state index < -0.39 is 37.3 Å². The Bertz CT molecular complexity index is 199. The first-order valence-corrected chi connectivity index (χ1v) is 5.01. The highest BCUT2D eigenvalue weighted by atomic mass is 16.7. The van der Waals surface area contributed by atoms with E-state index in [1.165, 1.54) is 0 Å². The Morgan fingerprint density at radius 2 is 2.00 bits per heavy atom. The maximum Gasteiger partial charge on any atom is 0.221 e. The minimum Gasteiger partial charge on any atom is -0.394 e. The summed E-state index contributed by atoms with van der Waals surface area (Å²) in [6.45, 7) is 1.16. The van der Waals surface area contributed by atoms with Gasteiger partial charge in [-0.15, -0.1) is 0 Å². The number of aliphatic hydroxyl groups is 4. The van der Waals surface area contributed by atoms with Crippen molar-refractivity contribution in [3.63, 3.8) is 0 Å². The SMILES string of the molecule is CCCO[C@@]1(CO)O[C@H](CO)[C@@H](O)[C@@H]1O.